The first kappa shape index (κ1) is 35.7. The van der Waals surface area contributed by atoms with Gasteiger partial charge in [0.2, 0.25) is 11.8 Å². The Morgan fingerprint density at radius 3 is 2.09 bits per heavy atom. The van der Waals surface area contributed by atoms with E-state index in [1.807, 2.05) is 54.6 Å². The first-order valence-corrected chi connectivity index (χ1v) is 17.1. The van der Waals surface area contributed by atoms with Crippen molar-refractivity contribution in [2.75, 3.05) is 29.7 Å². The molecule has 9 heteroatoms. The summed E-state index contributed by atoms with van der Waals surface area (Å²) in [6.45, 7) is 11.6. The van der Waals surface area contributed by atoms with Crippen molar-refractivity contribution in [1.82, 2.24) is 16.0 Å². The summed E-state index contributed by atoms with van der Waals surface area (Å²) in [7, 11) is 0. The van der Waals surface area contributed by atoms with E-state index in [0.29, 0.717) is 42.4 Å². The van der Waals surface area contributed by atoms with Crippen LogP contribution in [0.1, 0.15) is 64.5 Å². The van der Waals surface area contributed by atoms with Crippen LogP contribution in [0.3, 0.4) is 0 Å². The van der Waals surface area contributed by atoms with Crippen LogP contribution in [0.2, 0.25) is 0 Å². The molecule has 0 aromatic heterocycles. The van der Waals surface area contributed by atoms with Gasteiger partial charge in [0.25, 0.3) is 0 Å². The summed E-state index contributed by atoms with van der Waals surface area (Å²) < 4.78 is 15.2. The van der Waals surface area contributed by atoms with Crippen molar-refractivity contribution >= 4 is 40.7 Å². The number of nitrogens with one attached hydrogen (secondary N) is 3. The number of alkyl halides is 2. The summed E-state index contributed by atoms with van der Waals surface area (Å²) in [4.78, 5) is 29.6. The van der Waals surface area contributed by atoms with Gasteiger partial charge in [-0.05, 0) is 82.3 Å². The first-order valence-electron chi connectivity index (χ1n) is 16.0. The molecule has 1 aliphatic heterocycles. The molecule has 1 aliphatic rings. The van der Waals surface area contributed by atoms with Gasteiger partial charge in [-0.15, -0.1) is 23.2 Å². The van der Waals surface area contributed by atoms with Gasteiger partial charge in [0.05, 0.1) is 5.92 Å². The average Bonchev–Trinajstić information content (AvgIpc) is 2.99. The molecule has 3 aromatic carbocycles. The van der Waals surface area contributed by atoms with Crippen molar-refractivity contribution < 1.29 is 14.0 Å². The molecule has 0 unspecified atom stereocenters. The smallest absolute Gasteiger partial charge is 0.243 e. The molecule has 0 saturated carbocycles. The van der Waals surface area contributed by atoms with Gasteiger partial charge in [-0.2, -0.15) is 0 Å². The number of amides is 2. The zero-order valence-corrected chi connectivity index (χ0v) is 29.0. The SMILES string of the molecule is C[C@@H](C(=O)N[C@@H](Cc1ccc(N(CCCl)CCCl)cc1)C(=O)NC1CC(C)(C)NC(C)(C)C1)c1ccc(-c2ccccc2)c(F)c1. The molecule has 0 bridgehead atoms. The average molecular weight is 670 g/mol. The Bertz CT molecular complexity index is 1440. The van der Waals surface area contributed by atoms with Crippen LogP contribution < -0.4 is 20.9 Å². The Morgan fingerprint density at radius 1 is 0.913 bits per heavy atom. The normalized spacial score (nSPS) is 17.1. The minimum Gasteiger partial charge on any atom is -0.369 e. The highest BCUT2D eigenvalue weighted by atomic mass is 35.5. The second kappa shape index (κ2) is 15.6. The summed E-state index contributed by atoms with van der Waals surface area (Å²) in [5.41, 5.74) is 3.36. The lowest BCUT2D eigenvalue weighted by Gasteiger charge is -2.46. The molecule has 6 nitrogen and oxygen atoms in total. The molecule has 248 valence electrons. The van der Waals surface area contributed by atoms with Crippen molar-refractivity contribution in [1.29, 1.82) is 0 Å². The lowest BCUT2D eigenvalue weighted by molar-refractivity contribution is -0.130. The van der Waals surface area contributed by atoms with E-state index in [9.17, 15) is 9.59 Å². The summed E-state index contributed by atoms with van der Waals surface area (Å²) >= 11 is 12.0. The second-order valence-corrected chi connectivity index (χ2v) is 14.4. The maximum atomic E-state index is 15.2. The Labute approximate surface area is 283 Å². The van der Waals surface area contributed by atoms with Crippen LogP contribution in [-0.2, 0) is 16.0 Å². The highest BCUT2D eigenvalue weighted by molar-refractivity contribution is 6.18. The number of rotatable bonds is 13. The highest BCUT2D eigenvalue weighted by Gasteiger charge is 2.39. The van der Waals surface area contributed by atoms with Crippen LogP contribution >= 0.6 is 23.2 Å². The first-order chi connectivity index (χ1) is 21.8. The summed E-state index contributed by atoms with van der Waals surface area (Å²) in [6, 6.07) is 21.2. The fourth-order valence-corrected chi connectivity index (χ4v) is 7.10. The molecule has 3 N–H and O–H groups in total. The molecule has 1 fully saturated rings. The Balaban J connectivity index is 1.54. The van der Waals surface area contributed by atoms with Crippen molar-refractivity contribution in [2.24, 2.45) is 0 Å². The molecule has 1 saturated heterocycles. The van der Waals surface area contributed by atoms with E-state index in [1.54, 1.807) is 19.1 Å². The largest absolute Gasteiger partial charge is 0.369 e. The van der Waals surface area contributed by atoms with Crippen LogP contribution in [0.4, 0.5) is 10.1 Å². The molecule has 0 spiro atoms. The molecule has 2 atom stereocenters. The topological polar surface area (TPSA) is 73.5 Å². The quantitative estimate of drug-likeness (QED) is 0.171. The molecular formula is C37H47Cl2FN4O2. The van der Waals surface area contributed by atoms with E-state index in [1.165, 1.54) is 6.07 Å². The number of halogens is 3. The van der Waals surface area contributed by atoms with E-state index in [2.05, 4.69) is 48.5 Å². The van der Waals surface area contributed by atoms with Gasteiger partial charge in [-0.1, -0.05) is 54.6 Å². The molecule has 2 amide bonds. The van der Waals surface area contributed by atoms with E-state index in [-0.39, 0.29) is 28.9 Å². The molecule has 0 aliphatic carbocycles. The van der Waals surface area contributed by atoms with Gasteiger partial charge in [0.1, 0.15) is 11.9 Å². The summed E-state index contributed by atoms with van der Waals surface area (Å²) in [6.07, 6.45) is 1.82. The number of nitrogens with zero attached hydrogens (tertiary/aromatic N) is 1. The molecule has 1 heterocycles. The molecule has 4 rings (SSSR count). The minimum absolute atomic E-state index is 0.0581. The van der Waals surface area contributed by atoms with E-state index >= 15 is 4.39 Å². The number of benzene rings is 3. The number of anilines is 1. The monoisotopic (exact) mass is 668 g/mol. The maximum absolute atomic E-state index is 15.2. The van der Waals surface area contributed by atoms with E-state index in [4.69, 9.17) is 23.2 Å². The Morgan fingerprint density at radius 2 is 1.52 bits per heavy atom. The van der Waals surface area contributed by atoms with E-state index in [0.717, 1.165) is 29.7 Å². The molecule has 46 heavy (non-hydrogen) atoms. The predicted octanol–water partition coefficient (Wildman–Crippen LogP) is 7.03. The zero-order valence-electron chi connectivity index (χ0n) is 27.5. The Hall–Kier alpha value is -3.13. The lowest BCUT2D eigenvalue weighted by atomic mass is 9.79. The van der Waals surface area contributed by atoms with Gasteiger partial charge in [-0.3, -0.25) is 9.59 Å². The van der Waals surface area contributed by atoms with Crippen molar-refractivity contribution in [3.8, 4) is 11.1 Å². The van der Waals surface area contributed by atoms with Gasteiger partial charge in [0.15, 0.2) is 0 Å². The van der Waals surface area contributed by atoms with Crippen LogP contribution in [0.25, 0.3) is 11.1 Å². The van der Waals surface area contributed by atoms with Crippen molar-refractivity contribution in [2.45, 2.75) is 83.0 Å². The third-order valence-corrected chi connectivity index (χ3v) is 8.93. The van der Waals surface area contributed by atoms with Crippen LogP contribution in [0, 0.1) is 5.82 Å². The third kappa shape index (κ3) is 9.69. The molecule has 0 radical (unpaired) electrons. The van der Waals surface area contributed by atoms with Gasteiger partial charge < -0.3 is 20.9 Å². The van der Waals surface area contributed by atoms with Crippen LogP contribution in [-0.4, -0.2) is 59.8 Å². The molecule has 3 aromatic rings. The summed E-state index contributed by atoms with van der Waals surface area (Å²) in [5.74, 6) is -0.688. The van der Waals surface area contributed by atoms with Gasteiger partial charge >= 0.3 is 0 Å². The lowest BCUT2D eigenvalue weighted by Crippen LogP contribution is -2.63. The second-order valence-electron chi connectivity index (χ2n) is 13.6. The number of hydrogen-bond donors (Lipinski definition) is 3. The fourth-order valence-electron chi connectivity index (χ4n) is 6.69. The number of carbonyl (C=O) groups excluding carboxylic acids is 2. The number of piperidine rings is 1. The predicted molar refractivity (Wildman–Crippen MR) is 188 cm³/mol. The minimum atomic E-state index is -0.822. The standard InChI is InChI=1S/C37H47Cl2FN4O2/c1-25(28-13-16-31(32(40)22-28)27-9-7-6-8-10-27)34(45)42-33(35(46)41-29-23-36(2,3)43-37(4,5)24-29)21-26-11-14-30(15-12-26)44(19-17-38)20-18-39/h6-16,22,25,29,33,43H,17-21,23-24H2,1-5H3,(H,41,46)(H,42,45)/t25-,33+/m1/s1. The molecular weight excluding hydrogens is 622 g/mol. The third-order valence-electron chi connectivity index (χ3n) is 8.59. The summed E-state index contributed by atoms with van der Waals surface area (Å²) in [5, 5.41) is 9.89. The highest BCUT2D eigenvalue weighted by Crippen LogP contribution is 2.29. The van der Waals surface area contributed by atoms with Crippen LogP contribution in [0.5, 0.6) is 0 Å². The Kier molecular flexibility index (Phi) is 12.1. The number of carbonyl (C=O) groups is 2. The maximum Gasteiger partial charge on any atom is 0.243 e. The van der Waals surface area contributed by atoms with Crippen molar-refractivity contribution in [3.05, 3.63) is 89.7 Å². The van der Waals surface area contributed by atoms with E-state index < -0.39 is 17.8 Å². The fraction of sp³-hybridized carbons (Fsp3) is 0.459. The van der Waals surface area contributed by atoms with Crippen molar-refractivity contribution in [3.63, 3.8) is 0 Å². The zero-order chi connectivity index (χ0) is 33.5. The van der Waals surface area contributed by atoms with Gasteiger partial charge in [-0.25, -0.2) is 4.39 Å². The van der Waals surface area contributed by atoms with Gasteiger partial charge in [0, 0.05) is 59.6 Å². The number of hydrogen-bond acceptors (Lipinski definition) is 4. The van der Waals surface area contributed by atoms with Crippen LogP contribution in [0.15, 0.2) is 72.8 Å².